The third-order valence-corrected chi connectivity index (χ3v) is 7.20. The molecule has 174 valence electrons. The fraction of sp³-hybridized carbons (Fsp3) is 0.227. The number of pyridine rings is 1. The lowest BCUT2D eigenvalue weighted by Gasteiger charge is -2.41. The van der Waals surface area contributed by atoms with Crippen molar-refractivity contribution in [2.24, 2.45) is 0 Å². The van der Waals surface area contributed by atoms with Crippen LogP contribution in [0.15, 0.2) is 57.3 Å². The zero-order valence-corrected chi connectivity index (χ0v) is 20.5. The average molecular weight is 544 g/mol. The molecule has 0 saturated carbocycles. The van der Waals surface area contributed by atoms with E-state index >= 15 is 0 Å². The number of allylic oxidation sites excluding steroid dienone is 1. The monoisotopic (exact) mass is 543 g/mol. The summed E-state index contributed by atoms with van der Waals surface area (Å²) in [7, 11) is -2.56. The van der Waals surface area contributed by atoms with Gasteiger partial charge in [0.05, 0.1) is 28.4 Å². The summed E-state index contributed by atoms with van der Waals surface area (Å²) in [5, 5.41) is 11.7. The van der Waals surface area contributed by atoms with Crippen molar-refractivity contribution in [3.63, 3.8) is 0 Å². The number of hydrogen-bond acceptors (Lipinski definition) is 7. The molecule has 4 amide bonds. The number of nitrogens with one attached hydrogen (secondary N) is 1. The molecule has 1 atom stereocenters. The molecule has 1 aliphatic heterocycles. The summed E-state index contributed by atoms with van der Waals surface area (Å²) in [6.07, 6.45) is 4.25. The van der Waals surface area contributed by atoms with Crippen LogP contribution in [0.4, 0.5) is 15.3 Å². The number of aromatic nitrogens is 1. The van der Waals surface area contributed by atoms with Crippen molar-refractivity contribution >= 4 is 49.3 Å². The SMILES string of the molecule is CNC(=O)N1C(=O)N(c2cncc(Br)c2)C2=C(C(=O)CC2)C1c1ccc(C#N)cc1S(C)(=O)=O. The molecule has 0 spiro atoms. The predicted molar refractivity (Wildman–Crippen MR) is 124 cm³/mol. The first-order valence-corrected chi connectivity index (χ1v) is 12.7. The van der Waals surface area contributed by atoms with E-state index in [0.717, 1.165) is 11.2 Å². The van der Waals surface area contributed by atoms with Gasteiger partial charge in [-0.05, 0) is 46.1 Å². The molecule has 1 unspecified atom stereocenters. The van der Waals surface area contributed by atoms with E-state index in [1.54, 1.807) is 6.07 Å². The van der Waals surface area contributed by atoms with Crippen LogP contribution in [0.3, 0.4) is 0 Å². The average Bonchev–Trinajstić information content (AvgIpc) is 3.17. The van der Waals surface area contributed by atoms with Crippen molar-refractivity contribution in [1.82, 2.24) is 15.2 Å². The molecule has 12 heteroatoms. The van der Waals surface area contributed by atoms with E-state index < -0.39 is 27.9 Å². The highest BCUT2D eigenvalue weighted by Gasteiger charge is 2.49. The number of carbonyl (C=O) groups excluding carboxylic acids is 3. The van der Waals surface area contributed by atoms with Gasteiger partial charge in [-0.3, -0.25) is 14.7 Å². The molecule has 0 fully saturated rings. The van der Waals surface area contributed by atoms with Gasteiger partial charge in [0.25, 0.3) is 0 Å². The Hall–Kier alpha value is -3.56. The second kappa shape index (κ2) is 8.66. The fourth-order valence-electron chi connectivity index (χ4n) is 4.23. The molecule has 0 bridgehead atoms. The summed E-state index contributed by atoms with van der Waals surface area (Å²) >= 11 is 3.31. The van der Waals surface area contributed by atoms with Crippen molar-refractivity contribution in [3.05, 3.63) is 63.5 Å². The Morgan fingerprint density at radius 2 is 1.97 bits per heavy atom. The zero-order valence-electron chi connectivity index (χ0n) is 18.1. The predicted octanol–water partition coefficient (Wildman–Crippen LogP) is 3.06. The molecular weight excluding hydrogens is 526 g/mol. The molecule has 1 aromatic carbocycles. The van der Waals surface area contributed by atoms with E-state index in [4.69, 9.17) is 0 Å². The van der Waals surface area contributed by atoms with Crippen molar-refractivity contribution < 1.29 is 22.8 Å². The maximum absolute atomic E-state index is 13.8. The van der Waals surface area contributed by atoms with Crippen LogP contribution in [0.1, 0.15) is 30.0 Å². The molecule has 10 nitrogen and oxygen atoms in total. The molecule has 0 saturated heterocycles. The number of urea groups is 2. The molecule has 4 rings (SSSR count). The molecular formula is C22H18BrN5O5S. The Morgan fingerprint density at radius 3 is 2.59 bits per heavy atom. The Morgan fingerprint density at radius 1 is 1.24 bits per heavy atom. The van der Waals surface area contributed by atoms with Gasteiger partial charge < -0.3 is 5.32 Å². The summed E-state index contributed by atoms with van der Waals surface area (Å²) < 4.78 is 25.9. The topological polar surface area (TPSA) is 141 Å². The highest BCUT2D eigenvalue weighted by atomic mass is 79.9. The minimum Gasteiger partial charge on any atom is -0.341 e. The fourth-order valence-corrected chi connectivity index (χ4v) is 5.53. The standard InChI is InChI=1S/C22H18BrN5O5S/c1-25-21(30)28-20(15-4-3-12(9-24)7-18(15)34(2,32)33)19-16(5-6-17(19)29)27(22(28)31)14-8-13(23)10-26-11-14/h3-4,7-8,10-11,20H,5-6H2,1-2H3,(H,25,30). The van der Waals surface area contributed by atoms with E-state index in [1.165, 1.54) is 42.5 Å². The molecule has 2 aliphatic rings. The lowest BCUT2D eigenvalue weighted by molar-refractivity contribution is -0.115. The number of halogens is 1. The summed E-state index contributed by atoms with van der Waals surface area (Å²) in [5.41, 5.74) is 1.03. The van der Waals surface area contributed by atoms with E-state index in [2.05, 4.69) is 26.2 Å². The zero-order chi connectivity index (χ0) is 24.8. The van der Waals surface area contributed by atoms with Crippen molar-refractivity contribution in [3.8, 4) is 6.07 Å². The second-order valence-corrected chi connectivity index (χ2v) is 10.6. The van der Waals surface area contributed by atoms with Gasteiger partial charge >= 0.3 is 12.1 Å². The molecule has 34 heavy (non-hydrogen) atoms. The van der Waals surface area contributed by atoms with Crippen LogP contribution in [0.2, 0.25) is 0 Å². The van der Waals surface area contributed by atoms with Crippen LogP contribution >= 0.6 is 15.9 Å². The molecule has 1 N–H and O–H groups in total. The Labute approximate surface area is 203 Å². The number of imide groups is 1. The number of carbonyl (C=O) groups is 3. The highest BCUT2D eigenvalue weighted by Crippen LogP contribution is 2.46. The van der Waals surface area contributed by atoms with Crippen LogP contribution in [0, 0.1) is 11.3 Å². The maximum atomic E-state index is 13.8. The smallest absolute Gasteiger partial charge is 0.337 e. The molecule has 1 aliphatic carbocycles. The number of sulfone groups is 1. The van der Waals surface area contributed by atoms with Gasteiger partial charge in [-0.2, -0.15) is 5.26 Å². The van der Waals surface area contributed by atoms with E-state index in [0.29, 0.717) is 15.9 Å². The number of benzene rings is 1. The van der Waals surface area contributed by atoms with Crippen LogP contribution in [-0.2, 0) is 14.6 Å². The van der Waals surface area contributed by atoms with Crippen LogP contribution in [0.25, 0.3) is 0 Å². The largest absolute Gasteiger partial charge is 0.341 e. The molecule has 0 radical (unpaired) electrons. The number of ketones is 1. The van der Waals surface area contributed by atoms with Gasteiger partial charge in [0.15, 0.2) is 15.6 Å². The lowest BCUT2D eigenvalue weighted by atomic mass is 9.92. The molecule has 2 aromatic rings. The quantitative estimate of drug-likeness (QED) is 0.626. The number of nitriles is 1. The Bertz CT molecular complexity index is 1430. The third-order valence-electron chi connectivity index (χ3n) is 5.62. The van der Waals surface area contributed by atoms with Gasteiger partial charge in [0.1, 0.15) is 6.04 Å². The Kier molecular flexibility index (Phi) is 6.01. The van der Waals surface area contributed by atoms with Gasteiger partial charge in [0.2, 0.25) is 0 Å². The van der Waals surface area contributed by atoms with Crippen LogP contribution in [-0.4, -0.2) is 49.5 Å². The lowest BCUT2D eigenvalue weighted by Crippen LogP contribution is -2.55. The van der Waals surface area contributed by atoms with Crippen LogP contribution in [0.5, 0.6) is 0 Å². The van der Waals surface area contributed by atoms with Crippen LogP contribution < -0.4 is 10.2 Å². The van der Waals surface area contributed by atoms with E-state index in [-0.39, 0.29) is 40.2 Å². The van der Waals surface area contributed by atoms with Crippen molar-refractivity contribution in [2.75, 3.05) is 18.2 Å². The van der Waals surface area contributed by atoms with Gasteiger partial charge in [0, 0.05) is 41.7 Å². The number of hydrogen-bond donors (Lipinski definition) is 1. The summed E-state index contributed by atoms with van der Waals surface area (Å²) in [6, 6.07) is 4.59. The first-order valence-electron chi connectivity index (χ1n) is 10.0. The molecule has 1 aromatic heterocycles. The maximum Gasteiger partial charge on any atom is 0.337 e. The minimum atomic E-state index is -3.89. The third kappa shape index (κ3) is 3.86. The van der Waals surface area contributed by atoms with E-state index in [9.17, 15) is 28.1 Å². The normalized spacial score (nSPS) is 18.1. The Balaban J connectivity index is 2.05. The number of anilines is 1. The van der Waals surface area contributed by atoms with Gasteiger partial charge in [-0.1, -0.05) is 6.07 Å². The van der Waals surface area contributed by atoms with Crippen molar-refractivity contribution in [2.45, 2.75) is 23.8 Å². The summed E-state index contributed by atoms with van der Waals surface area (Å²) in [6.45, 7) is 0. The highest BCUT2D eigenvalue weighted by molar-refractivity contribution is 9.10. The number of rotatable bonds is 3. The number of amides is 4. The van der Waals surface area contributed by atoms with Gasteiger partial charge in [-0.15, -0.1) is 0 Å². The summed E-state index contributed by atoms with van der Waals surface area (Å²) in [5.74, 6) is -0.307. The van der Waals surface area contributed by atoms with Crippen molar-refractivity contribution in [1.29, 1.82) is 5.26 Å². The number of nitrogens with zero attached hydrogens (tertiary/aromatic N) is 4. The number of Topliss-reactive ketones (excluding diaryl/α,β-unsaturated/α-hetero) is 1. The first kappa shape index (κ1) is 23.6. The molecule has 2 heterocycles. The first-order chi connectivity index (χ1) is 16.1. The second-order valence-electron chi connectivity index (χ2n) is 7.73. The summed E-state index contributed by atoms with van der Waals surface area (Å²) in [4.78, 5) is 45.8. The van der Waals surface area contributed by atoms with Gasteiger partial charge in [-0.25, -0.2) is 22.9 Å². The minimum absolute atomic E-state index is 0.0632. The van der Waals surface area contributed by atoms with E-state index in [1.807, 2.05) is 6.07 Å².